The molecule has 18 heavy (non-hydrogen) atoms. The predicted molar refractivity (Wildman–Crippen MR) is 68.1 cm³/mol. The van der Waals surface area contributed by atoms with Crippen LogP contribution in [0.1, 0.15) is 58.8 Å². The Morgan fingerprint density at radius 3 is 2.17 bits per heavy atom. The van der Waals surface area contributed by atoms with Crippen molar-refractivity contribution in [2.75, 3.05) is 0 Å². The molecule has 0 spiro atoms. The lowest BCUT2D eigenvalue weighted by Gasteiger charge is -2.31. The van der Waals surface area contributed by atoms with Crippen molar-refractivity contribution in [1.29, 1.82) is 0 Å². The Morgan fingerprint density at radius 2 is 1.72 bits per heavy atom. The van der Waals surface area contributed by atoms with Gasteiger partial charge in [-0.2, -0.15) is 0 Å². The van der Waals surface area contributed by atoms with Crippen molar-refractivity contribution >= 4 is 11.9 Å². The molecule has 0 radical (unpaired) electrons. The van der Waals surface area contributed by atoms with Gasteiger partial charge >= 0.3 is 5.97 Å². The monoisotopic (exact) mass is 253 g/mol. The van der Waals surface area contributed by atoms with Crippen LogP contribution in [0.2, 0.25) is 0 Å². The minimum atomic E-state index is -0.990. The van der Waals surface area contributed by atoms with Gasteiger partial charge < -0.3 is 10.4 Å². The summed E-state index contributed by atoms with van der Waals surface area (Å²) in [6, 6.07) is 0. The molecule has 2 fully saturated rings. The second-order valence-corrected chi connectivity index (χ2v) is 6.52. The van der Waals surface area contributed by atoms with Gasteiger partial charge in [0.1, 0.15) is 5.54 Å². The summed E-state index contributed by atoms with van der Waals surface area (Å²) in [7, 11) is 0. The van der Waals surface area contributed by atoms with E-state index in [1.54, 1.807) is 0 Å². The van der Waals surface area contributed by atoms with E-state index in [2.05, 4.69) is 19.2 Å². The van der Waals surface area contributed by atoms with Gasteiger partial charge in [0.2, 0.25) is 5.91 Å². The van der Waals surface area contributed by atoms with Crippen LogP contribution in [0.5, 0.6) is 0 Å². The van der Waals surface area contributed by atoms with Crippen LogP contribution < -0.4 is 5.32 Å². The minimum Gasteiger partial charge on any atom is -0.480 e. The minimum absolute atomic E-state index is 0.00236. The number of carbonyl (C=O) groups is 2. The highest BCUT2D eigenvalue weighted by atomic mass is 16.4. The maximum absolute atomic E-state index is 12.4. The highest BCUT2D eigenvalue weighted by molar-refractivity contribution is 5.88. The molecular formula is C14H23NO3. The topological polar surface area (TPSA) is 66.4 Å². The van der Waals surface area contributed by atoms with E-state index in [1.165, 1.54) is 0 Å². The van der Waals surface area contributed by atoms with Crippen LogP contribution in [-0.4, -0.2) is 22.5 Å². The lowest BCUT2D eigenvalue weighted by molar-refractivity contribution is -0.148. The van der Waals surface area contributed by atoms with Gasteiger partial charge in [-0.3, -0.25) is 4.79 Å². The van der Waals surface area contributed by atoms with Crippen molar-refractivity contribution in [3.05, 3.63) is 0 Å². The molecule has 0 bridgehead atoms. The molecule has 0 heterocycles. The normalized spacial score (nSPS) is 29.1. The Morgan fingerprint density at radius 1 is 1.11 bits per heavy atom. The van der Waals surface area contributed by atoms with Gasteiger partial charge in [-0.1, -0.05) is 33.1 Å². The Hall–Kier alpha value is -1.06. The van der Waals surface area contributed by atoms with E-state index in [4.69, 9.17) is 0 Å². The number of aliphatic carboxylic acids is 1. The summed E-state index contributed by atoms with van der Waals surface area (Å²) in [5.74, 6) is -0.958. The van der Waals surface area contributed by atoms with Gasteiger partial charge in [-0.05, 0) is 31.1 Å². The third-order valence-electron chi connectivity index (χ3n) is 4.80. The van der Waals surface area contributed by atoms with Crippen molar-refractivity contribution < 1.29 is 14.7 Å². The van der Waals surface area contributed by atoms with Crippen LogP contribution in [0.4, 0.5) is 0 Å². The highest BCUT2D eigenvalue weighted by Gasteiger charge is 2.46. The number of nitrogens with one attached hydrogen (secondary N) is 1. The maximum Gasteiger partial charge on any atom is 0.329 e. The standard InChI is InChI=1S/C14H23NO3/c1-13(2)7-5-6-10(13)11(16)15-14(12(17)18)8-3-4-9-14/h10H,3-9H2,1-2H3,(H,15,16)(H,17,18). The molecule has 2 saturated carbocycles. The fraction of sp³-hybridized carbons (Fsp3) is 0.857. The molecule has 2 aliphatic rings. The van der Waals surface area contributed by atoms with Crippen LogP contribution in [0.15, 0.2) is 0 Å². The zero-order chi connectivity index (χ0) is 13.4. The second kappa shape index (κ2) is 4.56. The molecule has 1 unspecified atom stereocenters. The average Bonchev–Trinajstić information content (AvgIpc) is 2.85. The molecule has 2 rings (SSSR count). The zero-order valence-corrected chi connectivity index (χ0v) is 11.3. The molecule has 2 N–H and O–H groups in total. The van der Waals surface area contributed by atoms with Crippen molar-refractivity contribution in [3.63, 3.8) is 0 Å². The molecule has 4 nitrogen and oxygen atoms in total. The lowest BCUT2D eigenvalue weighted by atomic mass is 9.80. The number of carbonyl (C=O) groups excluding carboxylic acids is 1. The number of hydrogen-bond acceptors (Lipinski definition) is 2. The summed E-state index contributed by atoms with van der Waals surface area (Å²) >= 11 is 0. The molecule has 0 aromatic rings. The van der Waals surface area contributed by atoms with Gasteiger partial charge in [0.25, 0.3) is 0 Å². The third kappa shape index (κ3) is 2.25. The SMILES string of the molecule is CC1(C)CCCC1C(=O)NC1(C(=O)O)CCCC1. The van der Waals surface area contributed by atoms with Crippen LogP contribution in [0, 0.1) is 11.3 Å². The Kier molecular flexibility index (Phi) is 3.39. The van der Waals surface area contributed by atoms with Crippen LogP contribution in [-0.2, 0) is 9.59 Å². The fourth-order valence-electron chi connectivity index (χ4n) is 3.51. The molecule has 0 aromatic carbocycles. The number of carboxylic acid groups (broad SMARTS) is 1. The number of carboxylic acids is 1. The van der Waals surface area contributed by atoms with Crippen molar-refractivity contribution in [3.8, 4) is 0 Å². The Balaban J connectivity index is 2.08. The smallest absolute Gasteiger partial charge is 0.329 e. The molecule has 4 heteroatoms. The molecule has 0 saturated heterocycles. The van der Waals surface area contributed by atoms with Gasteiger partial charge in [-0.15, -0.1) is 0 Å². The summed E-state index contributed by atoms with van der Waals surface area (Å²) in [6.07, 6.45) is 5.91. The quantitative estimate of drug-likeness (QED) is 0.811. The average molecular weight is 253 g/mol. The fourth-order valence-corrected chi connectivity index (χ4v) is 3.51. The number of amides is 1. The van der Waals surface area contributed by atoms with E-state index in [0.717, 1.165) is 32.1 Å². The molecular weight excluding hydrogens is 230 g/mol. The number of rotatable bonds is 3. The summed E-state index contributed by atoms with van der Waals surface area (Å²) in [6.45, 7) is 4.21. The molecule has 0 aromatic heterocycles. The first-order chi connectivity index (χ1) is 8.37. The molecule has 102 valence electrons. The second-order valence-electron chi connectivity index (χ2n) is 6.52. The van der Waals surface area contributed by atoms with E-state index in [9.17, 15) is 14.7 Å². The lowest BCUT2D eigenvalue weighted by Crippen LogP contribution is -2.55. The summed E-state index contributed by atoms with van der Waals surface area (Å²) in [4.78, 5) is 23.8. The molecule has 1 atom stereocenters. The summed E-state index contributed by atoms with van der Waals surface area (Å²) in [5, 5.41) is 12.2. The first-order valence-electron chi connectivity index (χ1n) is 6.93. The predicted octanol–water partition coefficient (Wildman–Crippen LogP) is 2.33. The van der Waals surface area contributed by atoms with Crippen molar-refractivity contribution in [2.45, 2.75) is 64.3 Å². The van der Waals surface area contributed by atoms with Gasteiger partial charge in [0.15, 0.2) is 0 Å². The van der Waals surface area contributed by atoms with E-state index in [0.29, 0.717) is 12.8 Å². The molecule has 0 aliphatic heterocycles. The van der Waals surface area contributed by atoms with Crippen molar-refractivity contribution in [1.82, 2.24) is 5.32 Å². The van der Waals surface area contributed by atoms with E-state index in [-0.39, 0.29) is 17.2 Å². The maximum atomic E-state index is 12.4. The molecule has 1 amide bonds. The van der Waals surface area contributed by atoms with Crippen LogP contribution >= 0.6 is 0 Å². The van der Waals surface area contributed by atoms with Crippen molar-refractivity contribution in [2.24, 2.45) is 11.3 Å². The van der Waals surface area contributed by atoms with E-state index in [1.807, 2.05) is 0 Å². The zero-order valence-electron chi connectivity index (χ0n) is 11.3. The number of hydrogen-bond donors (Lipinski definition) is 2. The van der Waals surface area contributed by atoms with Crippen LogP contribution in [0.3, 0.4) is 0 Å². The highest BCUT2D eigenvalue weighted by Crippen LogP contribution is 2.43. The van der Waals surface area contributed by atoms with Gasteiger partial charge in [0, 0.05) is 5.92 Å². The first-order valence-corrected chi connectivity index (χ1v) is 6.93. The largest absolute Gasteiger partial charge is 0.480 e. The van der Waals surface area contributed by atoms with Gasteiger partial charge in [0.05, 0.1) is 0 Å². The molecule has 2 aliphatic carbocycles. The Bertz CT molecular complexity index is 356. The Labute approximate surface area is 108 Å². The van der Waals surface area contributed by atoms with Gasteiger partial charge in [-0.25, -0.2) is 4.79 Å². The summed E-state index contributed by atoms with van der Waals surface area (Å²) in [5.41, 5.74) is -0.988. The van der Waals surface area contributed by atoms with Crippen LogP contribution in [0.25, 0.3) is 0 Å². The summed E-state index contributed by atoms with van der Waals surface area (Å²) < 4.78 is 0. The first kappa shape index (κ1) is 13.4. The van der Waals surface area contributed by atoms with E-state index >= 15 is 0 Å². The third-order valence-corrected chi connectivity index (χ3v) is 4.80. The van der Waals surface area contributed by atoms with E-state index < -0.39 is 11.5 Å².